The first kappa shape index (κ1) is 19.3. The lowest BCUT2D eigenvalue weighted by atomic mass is 10.1. The Bertz CT molecular complexity index is 1350. The maximum Gasteiger partial charge on any atom is 0.339 e. The molecular formula is C23H20ClNO4. The van der Waals surface area contributed by atoms with E-state index in [9.17, 15) is 9.59 Å². The Kier molecular flexibility index (Phi) is 4.71. The molecule has 4 aromatic rings. The molecule has 0 N–H and O–H groups in total. The SMILES string of the molecule is Cc1c(C)c2cc(Cl)c(OCC(=O)c3c(C)n(C)c4ccccc34)cc2oc1=O. The molecule has 0 fully saturated rings. The van der Waals surface area contributed by atoms with Crippen LogP contribution in [0.4, 0.5) is 0 Å². The lowest BCUT2D eigenvalue weighted by molar-refractivity contribution is 0.0922. The molecule has 0 aliphatic rings. The summed E-state index contributed by atoms with van der Waals surface area (Å²) in [5.41, 5.74) is 3.84. The van der Waals surface area contributed by atoms with Gasteiger partial charge in [0.05, 0.1) is 5.02 Å². The van der Waals surface area contributed by atoms with Gasteiger partial charge in [-0.05, 0) is 38.5 Å². The van der Waals surface area contributed by atoms with Crippen LogP contribution in [0.3, 0.4) is 0 Å². The van der Waals surface area contributed by atoms with Crippen molar-refractivity contribution in [3.05, 3.63) is 74.2 Å². The highest BCUT2D eigenvalue weighted by molar-refractivity contribution is 6.32. The van der Waals surface area contributed by atoms with Crippen LogP contribution in [0.5, 0.6) is 5.75 Å². The van der Waals surface area contributed by atoms with E-state index in [1.807, 2.05) is 49.7 Å². The summed E-state index contributed by atoms with van der Waals surface area (Å²) < 4.78 is 13.1. The minimum Gasteiger partial charge on any atom is -0.484 e. The number of ketones is 1. The van der Waals surface area contributed by atoms with E-state index in [0.717, 1.165) is 27.5 Å². The molecule has 148 valence electrons. The van der Waals surface area contributed by atoms with Crippen molar-refractivity contribution >= 4 is 39.3 Å². The van der Waals surface area contributed by atoms with Crippen LogP contribution in [0.25, 0.3) is 21.9 Å². The number of aryl methyl sites for hydroxylation is 2. The number of benzene rings is 2. The van der Waals surface area contributed by atoms with Gasteiger partial charge in [-0.15, -0.1) is 0 Å². The van der Waals surface area contributed by atoms with Crippen molar-refractivity contribution in [1.29, 1.82) is 0 Å². The van der Waals surface area contributed by atoms with E-state index in [2.05, 4.69) is 0 Å². The summed E-state index contributed by atoms with van der Waals surface area (Å²) in [6.07, 6.45) is 0. The van der Waals surface area contributed by atoms with E-state index in [1.54, 1.807) is 19.1 Å². The van der Waals surface area contributed by atoms with Crippen molar-refractivity contribution in [3.63, 3.8) is 0 Å². The van der Waals surface area contributed by atoms with Crippen molar-refractivity contribution in [2.24, 2.45) is 7.05 Å². The smallest absolute Gasteiger partial charge is 0.339 e. The Morgan fingerprint density at radius 3 is 2.59 bits per heavy atom. The van der Waals surface area contributed by atoms with E-state index in [0.29, 0.717) is 27.5 Å². The topological polar surface area (TPSA) is 61.4 Å². The number of rotatable bonds is 4. The molecule has 0 aliphatic carbocycles. The minimum atomic E-state index is -0.397. The summed E-state index contributed by atoms with van der Waals surface area (Å²) in [6, 6.07) is 11.0. The third kappa shape index (κ3) is 3.12. The molecule has 2 aromatic heterocycles. The number of ether oxygens (including phenoxy) is 1. The number of hydrogen-bond donors (Lipinski definition) is 0. The second kappa shape index (κ2) is 7.08. The summed E-state index contributed by atoms with van der Waals surface area (Å²) in [4.78, 5) is 24.9. The summed E-state index contributed by atoms with van der Waals surface area (Å²) in [5.74, 6) is 0.161. The van der Waals surface area contributed by atoms with Crippen LogP contribution >= 0.6 is 11.6 Å². The van der Waals surface area contributed by atoms with Crippen LogP contribution in [0.1, 0.15) is 27.2 Å². The highest BCUT2D eigenvalue weighted by atomic mass is 35.5. The monoisotopic (exact) mass is 409 g/mol. The van der Waals surface area contributed by atoms with Crippen LogP contribution in [-0.2, 0) is 7.05 Å². The minimum absolute atomic E-state index is 0.142. The summed E-state index contributed by atoms with van der Waals surface area (Å²) in [6.45, 7) is 5.30. The fraction of sp³-hybridized carbons (Fsp3) is 0.217. The van der Waals surface area contributed by atoms with Gasteiger partial charge < -0.3 is 13.7 Å². The van der Waals surface area contributed by atoms with Crippen molar-refractivity contribution in [1.82, 2.24) is 4.57 Å². The highest BCUT2D eigenvalue weighted by Gasteiger charge is 2.19. The molecule has 2 aromatic carbocycles. The van der Waals surface area contributed by atoms with Crippen LogP contribution in [0.15, 0.2) is 45.6 Å². The number of halogens is 1. The van der Waals surface area contributed by atoms with Crippen LogP contribution in [0.2, 0.25) is 5.02 Å². The lowest BCUT2D eigenvalue weighted by Crippen LogP contribution is -2.13. The molecule has 5 nitrogen and oxygen atoms in total. The summed E-state index contributed by atoms with van der Waals surface area (Å²) in [7, 11) is 1.93. The first-order valence-electron chi connectivity index (χ1n) is 9.23. The van der Waals surface area contributed by atoms with Gasteiger partial charge in [-0.25, -0.2) is 4.79 Å². The number of Topliss-reactive ketones (excluding diaryl/α,β-unsaturated/α-hetero) is 1. The molecule has 6 heteroatoms. The Hall–Kier alpha value is -3.05. The Labute approximate surface area is 172 Å². The molecule has 0 saturated carbocycles. The van der Waals surface area contributed by atoms with Gasteiger partial charge >= 0.3 is 5.63 Å². The van der Waals surface area contributed by atoms with E-state index < -0.39 is 5.63 Å². The molecule has 29 heavy (non-hydrogen) atoms. The molecule has 4 rings (SSSR count). The normalized spacial score (nSPS) is 11.3. The molecule has 0 atom stereocenters. The summed E-state index contributed by atoms with van der Waals surface area (Å²) >= 11 is 6.37. The average Bonchev–Trinajstić information content (AvgIpc) is 2.96. The summed E-state index contributed by atoms with van der Waals surface area (Å²) in [5, 5.41) is 2.00. The quantitative estimate of drug-likeness (QED) is 0.346. The fourth-order valence-corrected chi connectivity index (χ4v) is 3.86. The lowest BCUT2D eigenvalue weighted by Gasteiger charge is -2.10. The average molecular weight is 410 g/mol. The number of nitrogens with zero attached hydrogens (tertiary/aromatic N) is 1. The van der Waals surface area contributed by atoms with Gasteiger partial charge in [0.25, 0.3) is 0 Å². The molecular weight excluding hydrogens is 390 g/mol. The predicted molar refractivity (Wildman–Crippen MR) is 114 cm³/mol. The highest BCUT2D eigenvalue weighted by Crippen LogP contribution is 2.32. The van der Waals surface area contributed by atoms with Gasteiger partial charge in [-0.2, -0.15) is 0 Å². The Morgan fingerprint density at radius 1 is 1.10 bits per heavy atom. The van der Waals surface area contributed by atoms with Crippen molar-refractivity contribution in [2.45, 2.75) is 20.8 Å². The molecule has 0 radical (unpaired) electrons. The van der Waals surface area contributed by atoms with E-state index in [4.69, 9.17) is 20.8 Å². The molecule has 0 saturated heterocycles. The largest absolute Gasteiger partial charge is 0.484 e. The number of fused-ring (bicyclic) bond motifs is 2. The number of hydrogen-bond acceptors (Lipinski definition) is 4. The Morgan fingerprint density at radius 2 is 1.83 bits per heavy atom. The molecule has 0 bridgehead atoms. The third-order valence-electron chi connectivity index (χ3n) is 5.55. The second-order valence-corrected chi connectivity index (χ2v) is 7.57. The van der Waals surface area contributed by atoms with Crippen molar-refractivity contribution < 1.29 is 13.9 Å². The fourth-order valence-electron chi connectivity index (χ4n) is 3.64. The Balaban J connectivity index is 1.68. The third-order valence-corrected chi connectivity index (χ3v) is 5.84. The maximum atomic E-state index is 12.9. The van der Waals surface area contributed by atoms with Gasteiger partial charge in [0.2, 0.25) is 5.78 Å². The number of carbonyl (C=O) groups excluding carboxylic acids is 1. The van der Waals surface area contributed by atoms with Crippen LogP contribution in [0, 0.1) is 20.8 Å². The van der Waals surface area contributed by atoms with Crippen molar-refractivity contribution in [3.8, 4) is 5.75 Å². The number of para-hydroxylation sites is 1. The molecule has 0 aliphatic heterocycles. The number of aromatic nitrogens is 1. The zero-order chi connectivity index (χ0) is 20.9. The van der Waals surface area contributed by atoms with E-state index >= 15 is 0 Å². The van der Waals surface area contributed by atoms with E-state index in [-0.39, 0.29) is 12.4 Å². The molecule has 0 spiro atoms. The zero-order valence-electron chi connectivity index (χ0n) is 16.6. The van der Waals surface area contributed by atoms with Crippen LogP contribution < -0.4 is 10.4 Å². The standard InChI is InChI=1S/C23H20ClNO4/c1-12-13(2)23(27)29-20-10-21(17(24)9-16(12)20)28-11-19(26)22-14(3)25(4)18-8-6-5-7-15(18)22/h5-10H,11H2,1-4H3. The van der Waals surface area contributed by atoms with Crippen LogP contribution in [-0.4, -0.2) is 17.0 Å². The molecule has 0 unspecified atom stereocenters. The van der Waals surface area contributed by atoms with E-state index in [1.165, 1.54) is 0 Å². The van der Waals surface area contributed by atoms with Gasteiger partial charge in [0, 0.05) is 46.2 Å². The molecule has 2 heterocycles. The van der Waals surface area contributed by atoms with Gasteiger partial charge in [0.1, 0.15) is 11.3 Å². The maximum absolute atomic E-state index is 12.9. The molecule has 0 amide bonds. The first-order chi connectivity index (χ1) is 13.8. The zero-order valence-corrected chi connectivity index (χ0v) is 17.4. The second-order valence-electron chi connectivity index (χ2n) is 7.17. The predicted octanol–water partition coefficient (Wildman–Crippen LogP) is 5.13. The van der Waals surface area contributed by atoms with Gasteiger partial charge in [-0.1, -0.05) is 29.8 Å². The number of carbonyl (C=O) groups is 1. The van der Waals surface area contributed by atoms with Gasteiger partial charge in [-0.3, -0.25) is 4.79 Å². The first-order valence-corrected chi connectivity index (χ1v) is 9.61. The van der Waals surface area contributed by atoms with Crippen molar-refractivity contribution in [2.75, 3.05) is 6.61 Å². The van der Waals surface area contributed by atoms with Gasteiger partial charge in [0.15, 0.2) is 6.61 Å².